The summed E-state index contributed by atoms with van der Waals surface area (Å²) >= 11 is 9.37. The molecule has 106 valence electrons. The van der Waals surface area contributed by atoms with Crippen molar-refractivity contribution in [1.29, 1.82) is 0 Å². The largest absolute Gasteiger partial charge is 0.495 e. The van der Waals surface area contributed by atoms with Crippen LogP contribution in [0.25, 0.3) is 11.4 Å². The predicted molar refractivity (Wildman–Crippen MR) is 83.6 cm³/mol. The highest BCUT2D eigenvalue weighted by molar-refractivity contribution is 9.10. The molecule has 0 aliphatic heterocycles. The molecular weight excluding hydrogens is 344 g/mol. The molecular formula is C14H14BrClN2O2. The predicted octanol–water partition coefficient (Wildman–Crippen LogP) is 3.98. The Bertz CT molecular complexity index is 698. The minimum Gasteiger partial charge on any atom is -0.495 e. The molecule has 0 radical (unpaired) electrons. The van der Waals surface area contributed by atoms with Crippen LogP contribution in [0.2, 0.25) is 5.02 Å². The van der Waals surface area contributed by atoms with Crippen molar-refractivity contribution in [1.82, 2.24) is 9.97 Å². The molecule has 0 unspecified atom stereocenters. The van der Waals surface area contributed by atoms with Crippen LogP contribution in [0.3, 0.4) is 0 Å². The average molecular weight is 358 g/mol. The van der Waals surface area contributed by atoms with Gasteiger partial charge in [-0.3, -0.25) is 4.79 Å². The molecule has 0 aliphatic rings. The van der Waals surface area contributed by atoms with E-state index in [1.807, 2.05) is 13.8 Å². The summed E-state index contributed by atoms with van der Waals surface area (Å²) in [5.74, 6) is 1.21. The number of methoxy groups -OCH3 is 1. The summed E-state index contributed by atoms with van der Waals surface area (Å²) in [5.41, 5.74) is 1.25. The molecule has 0 bridgehead atoms. The minimum atomic E-state index is -0.203. The summed E-state index contributed by atoms with van der Waals surface area (Å²) in [7, 11) is 1.55. The normalized spacial score (nSPS) is 10.9. The van der Waals surface area contributed by atoms with E-state index in [0.29, 0.717) is 21.1 Å². The van der Waals surface area contributed by atoms with Gasteiger partial charge in [0.05, 0.1) is 17.8 Å². The van der Waals surface area contributed by atoms with E-state index < -0.39 is 0 Å². The van der Waals surface area contributed by atoms with Gasteiger partial charge in [0.15, 0.2) is 0 Å². The second-order valence-corrected chi connectivity index (χ2v) is 5.82. The zero-order valence-corrected chi connectivity index (χ0v) is 13.7. The highest BCUT2D eigenvalue weighted by atomic mass is 79.9. The van der Waals surface area contributed by atoms with Crippen LogP contribution in [0.4, 0.5) is 0 Å². The third kappa shape index (κ3) is 2.88. The van der Waals surface area contributed by atoms with Gasteiger partial charge in [0.2, 0.25) is 0 Å². The van der Waals surface area contributed by atoms with Crippen LogP contribution in [0.5, 0.6) is 5.75 Å². The number of aromatic nitrogens is 2. The van der Waals surface area contributed by atoms with Gasteiger partial charge in [-0.25, -0.2) is 4.98 Å². The smallest absolute Gasteiger partial charge is 0.265 e. The molecule has 6 heteroatoms. The van der Waals surface area contributed by atoms with Crippen molar-refractivity contribution in [2.24, 2.45) is 0 Å². The van der Waals surface area contributed by atoms with E-state index in [0.717, 1.165) is 11.3 Å². The molecule has 0 amide bonds. The molecule has 1 N–H and O–H groups in total. The highest BCUT2D eigenvalue weighted by Crippen LogP contribution is 2.29. The van der Waals surface area contributed by atoms with E-state index in [-0.39, 0.29) is 11.5 Å². The molecule has 2 aromatic rings. The molecule has 0 spiro atoms. The Hall–Kier alpha value is -1.33. The van der Waals surface area contributed by atoms with Gasteiger partial charge in [0.1, 0.15) is 16.0 Å². The maximum atomic E-state index is 11.9. The zero-order valence-electron chi connectivity index (χ0n) is 11.3. The number of H-pyrrole nitrogens is 1. The zero-order chi connectivity index (χ0) is 14.9. The molecule has 0 saturated carbocycles. The lowest BCUT2D eigenvalue weighted by atomic mass is 10.1. The van der Waals surface area contributed by atoms with Crippen molar-refractivity contribution in [2.75, 3.05) is 7.11 Å². The van der Waals surface area contributed by atoms with Gasteiger partial charge in [-0.1, -0.05) is 25.4 Å². The van der Waals surface area contributed by atoms with E-state index in [9.17, 15) is 4.79 Å². The second-order valence-electron chi connectivity index (χ2n) is 4.62. The molecule has 1 aromatic carbocycles. The highest BCUT2D eigenvalue weighted by Gasteiger charge is 2.14. The summed E-state index contributed by atoms with van der Waals surface area (Å²) < 4.78 is 5.58. The van der Waals surface area contributed by atoms with Crippen molar-refractivity contribution in [3.8, 4) is 17.1 Å². The van der Waals surface area contributed by atoms with E-state index in [1.165, 1.54) is 0 Å². The monoisotopic (exact) mass is 356 g/mol. The van der Waals surface area contributed by atoms with Gasteiger partial charge in [-0.2, -0.15) is 0 Å². The van der Waals surface area contributed by atoms with Crippen LogP contribution in [-0.2, 0) is 0 Å². The lowest BCUT2D eigenvalue weighted by Crippen LogP contribution is -2.14. The Balaban J connectivity index is 2.58. The van der Waals surface area contributed by atoms with E-state index >= 15 is 0 Å². The molecule has 2 rings (SSSR count). The van der Waals surface area contributed by atoms with Crippen molar-refractivity contribution >= 4 is 27.5 Å². The SMILES string of the molecule is COc1ccc(-c2nc(C(C)C)c(Br)c(=O)[nH]2)cc1Cl. The second kappa shape index (κ2) is 5.97. The Labute approximate surface area is 130 Å². The third-order valence-electron chi connectivity index (χ3n) is 2.86. The quantitative estimate of drug-likeness (QED) is 0.904. The molecule has 20 heavy (non-hydrogen) atoms. The minimum absolute atomic E-state index is 0.138. The summed E-state index contributed by atoms with van der Waals surface area (Å²) in [5, 5.41) is 0.474. The summed E-state index contributed by atoms with van der Waals surface area (Å²) in [4.78, 5) is 19.2. The summed E-state index contributed by atoms with van der Waals surface area (Å²) in [6.07, 6.45) is 0. The Kier molecular flexibility index (Phi) is 4.50. The van der Waals surface area contributed by atoms with Crippen LogP contribution in [0.15, 0.2) is 27.5 Å². The molecule has 0 atom stereocenters. The van der Waals surface area contributed by atoms with Gasteiger partial charge >= 0.3 is 0 Å². The molecule has 0 aliphatic carbocycles. The van der Waals surface area contributed by atoms with Crippen LogP contribution in [0.1, 0.15) is 25.5 Å². The van der Waals surface area contributed by atoms with Crippen molar-refractivity contribution in [3.05, 3.63) is 43.7 Å². The number of halogens is 2. The number of hydrogen-bond acceptors (Lipinski definition) is 3. The summed E-state index contributed by atoms with van der Waals surface area (Å²) in [6.45, 7) is 3.97. The lowest BCUT2D eigenvalue weighted by molar-refractivity contribution is 0.415. The van der Waals surface area contributed by atoms with Crippen molar-refractivity contribution in [3.63, 3.8) is 0 Å². The number of aromatic amines is 1. The number of nitrogens with zero attached hydrogens (tertiary/aromatic N) is 1. The van der Waals surface area contributed by atoms with Gasteiger partial charge in [-0.05, 0) is 40.0 Å². The fourth-order valence-electron chi connectivity index (χ4n) is 1.81. The topological polar surface area (TPSA) is 55.0 Å². The standard InChI is InChI=1S/C14H14BrClN2O2/c1-7(2)12-11(15)14(19)18-13(17-12)8-4-5-10(20-3)9(16)6-8/h4-7H,1-3H3,(H,17,18,19). The molecule has 4 nitrogen and oxygen atoms in total. The van der Waals surface area contributed by atoms with Gasteiger partial charge in [0, 0.05) is 5.56 Å². The third-order valence-corrected chi connectivity index (χ3v) is 3.92. The number of nitrogens with one attached hydrogen (secondary N) is 1. The Morgan fingerprint density at radius 3 is 2.65 bits per heavy atom. The fraction of sp³-hybridized carbons (Fsp3) is 0.286. The molecule has 1 aromatic heterocycles. The average Bonchev–Trinajstić information content (AvgIpc) is 2.41. The molecule has 0 saturated heterocycles. The van der Waals surface area contributed by atoms with Crippen molar-refractivity contribution < 1.29 is 4.74 Å². The van der Waals surface area contributed by atoms with Crippen molar-refractivity contribution in [2.45, 2.75) is 19.8 Å². The van der Waals surface area contributed by atoms with E-state index in [2.05, 4.69) is 25.9 Å². The van der Waals surface area contributed by atoms with Crippen LogP contribution in [0, 0.1) is 0 Å². The lowest BCUT2D eigenvalue weighted by Gasteiger charge is -2.10. The first kappa shape index (κ1) is 15.1. The van der Waals surface area contributed by atoms with Crippen LogP contribution < -0.4 is 10.3 Å². The van der Waals surface area contributed by atoms with Crippen LogP contribution in [-0.4, -0.2) is 17.1 Å². The first-order valence-electron chi connectivity index (χ1n) is 6.07. The first-order valence-corrected chi connectivity index (χ1v) is 7.24. The number of benzene rings is 1. The van der Waals surface area contributed by atoms with Gasteiger partial charge in [-0.15, -0.1) is 0 Å². The first-order chi connectivity index (χ1) is 9.43. The Morgan fingerprint density at radius 2 is 2.10 bits per heavy atom. The maximum absolute atomic E-state index is 11.9. The van der Waals surface area contributed by atoms with E-state index in [4.69, 9.17) is 16.3 Å². The number of ether oxygens (including phenoxy) is 1. The fourth-order valence-corrected chi connectivity index (χ4v) is 2.71. The molecule has 0 fully saturated rings. The maximum Gasteiger partial charge on any atom is 0.265 e. The van der Waals surface area contributed by atoms with Gasteiger partial charge < -0.3 is 9.72 Å². The van der Waals surface area contributed by atoms with Crippen LogP contribution >= 0.6 is 27.5 Å². The van der Waals surface area contributed by atoms with Gasteiger partial charge in [0.25, 0.3) is 5.56 Å². The van der Waals surface area contributed by atoms with E-state index in [1.54, 1.807) is 25.3 Å². The Morgan fingerprint density at radius 1 is 1.40 bits per heavy atom. The molecule has 1 heterocycles. The number of hydrogen-bond donors (Lipinski definition) is 1. The number of rotatable bonds is 3. The summed E-state index contributed by atoms with van der Waals surface area (Å²) in [6, 6.07) is 5.27.